The van der Waals surface area contributed by atoms with Gasteiger partial charge in [0.25, 0.3) is 0 Å². The molecule has 7 nitrogen and oxygen atoms in total. The van der Waals surface area contributed by atoms with Gasteiger partial charge in [0, 0.05) is 17.1 Å². The Labute approximate surface area is 223 Å². The molecular formula is C27H36BrN3O4S. The monoisotopic (exact) mass is 577 g/mol. The van der Waals surface area contributed by atoms with Crippen molar-refractivity contribution in [1.29, 1.82) is 0 Å². The van der Waals surface area contributed by atoms with Gasteiger partial charge in [0.05, 0.1) is 11.9 Å². The number of sulfonamides is 1. The highest BCUT2D eigenvalue weighted by atomic mass is 79.9. The number of amides is 2. The van der Waals surface area contributed by atoms with Crippen LogP contribution in [-0.2, 0) is 26.2 Å². The van der Waals surface area contributed by atoms with Crippen molar-refractivity contribution in [2.75, 3.05) is 17.1 Å². The van der Waals surface area contributed by atoms with Gasteiger partial charge in [0.2, 0.25) is 21.8 Å². The van der Waals surface area contributed by atoms with Crippen LogP contribution in [0.2, 0.25) is 0 Å². The fraction of sp³-hybridized carbons (Fsp3) is 0.481. The Bertz CT molecular complexity index is 1140. The second-order valence-corrected chi connectivity index (χ2v) is 12.7. The average Bonchev–Trinajstić information content (AvgIpc) is 3.34. The van der Waals surface area contributed by atoms with Crippen molar-refractivity contribution in [3.8, 4) is 0 Å². The van der Waals surface area contributed by atoms with Crippen LogP contribution >= 0.6 is 15.9 Å². The molecule has 1 fully saturated rings. The van der Waals surface area contributed by atoms with Gasteiger partial charge >= 0.3 is 0 Å². The Morgan fingerprint density at radius 1 is 1.00 bits per heavy atom. The van der Waals surface area contributed by atoms with E-state index >= 15 is 0 Å². The maximum atomic E-state index is 13.6. The zero-order valence-corrected chi connectivity index (χ0v) is 23.8. The summed E-state index contributed by atoms with van der Waals surface area (Å²) in [6.07, 6.45) is 5.13. The van der Waals surface area contributed by atoms with Crippen molar-refractivity contribution < 1.29 is 18.0 Å². The normalized spacial score (nSPS) is 15.1. The van der Waals surface area contributed by atoms with Gasteiger partial charge in [0.1, 0.15) is 12.6 Å². The molecule has 0 spiro atoms. The number of halogens is 1. The summed E-state index contributed by atoms with van der Waals surface area (Å²) in [6.45, 7) is 5.62. The first kappa shape index (κ1) is 28.2. The van der Waals surface area contributed by atoms with E-state index in [1.54, 1.807) is 19.1 Å². The molecule has 0 aromatic heterocycles. The minimum Gasteiger partial charge on any atom is -0.352 e. The van der Waals surface area contributed by atoms with E-state index in [1.165, 1.54) is 4.90 Å². The molecule has 3 rings (SSSR count). The standard InChI is InChI=1S/C27H36BrN3O4S/c1-19(2)22-11-15-25(16-12-22)31(36(4,34)35)18-26(32)30(17-21-9-13-23(28)14-10-21)20(3)27(33)29-24-7-5-6-8-24/h9-16,19-20,24H,5-8,17-18H2,1-4H3,(H,29,33). The Kier molecular flexibility index (Phi) is 9.58. The summed E-state index contributed by atoms with van der Waals surface area (Å²) >= 11 is 3.42. The molecule has 1 N–H and O–H groups in total. The van der Waals surface area contributed by atoms with Crippen molar-refractivity contribution in [1.82, 2.24) is 10.2 Å². The molecule has 0 aliphatic heterocycles. The van der Waals surface area contributed by atoms with Gasteiger partial charge in [-0.1, -0.05) is 66.9 Å². The molecule has 0 heterocycles. The summed E-state index contributed by atoms with van der Waals surface area (Å²) in [5.74, 6) is -0.363. The quantitative estimate of drug-likeness (QED) is 0.438. The van der Waals surface area contributed by atoms with Crippen LogP contribution in [0, 0.1) is 0 Å². The largest absolute Gasteiger partial charge is 0.352 e. The molecule has 1 aliphatic rings. The lowest BCUT2D eigenvalue weighted by Crippen LogP contribution is -2.52. The number of nitrogens with zero attached hydrogens (tertiary/aromatic N) is 2. The number of nitrogens with one attached hydrogen (secondary N) is 1. The number of rotatable bonds is 10. The lowest BCUT2D eigenvalue weighted by Gasteiger charge is -2.32. The molecule has 2 aromatic rings. The molecule has 0 radical (unpaired) electrons. The van der Waals surface area contributed by atoms with Crippen LogP contribution in [0.3, 0.4) is 0 Å². The average molecular weight is 579 g/mol. The van der Waals surface area contributed by atoms with E-state index in [9.17, 15) is 18.0 Å². The van der Waals surface area contributed by atoms with Crippen LogP contribution in [0.15, 0.2) is 53.0 Å². The van der Waals surface area contributed by atoms with Crippen LogP contribution in [0.4, 0.5) is 5.69 Å². The van der Waals surface area contributed by atoms with E-state index in [4.69, 9.17) is 0 Å². The topological polar surface area (TPSA) is 86.8 Å². The Hall–Kier alpha value is -2.39. The SMILES string of the molecule is CC(C)c1ccc(N(CC(=O)N(Cc2ccc(Br)cc2)C(C)C(=O)NC2CCCC2)S(C)(=O)=O)cc1. The third-order valence-electron chi connectivity index (χ3n) is 6.66. The fourth-order valence-corrected chi connectivity index (χ4v) is 5.51. The Morgan fingerprint density at radius 3 is 2.11 bits per heavy atom. The minimum absolute atomic E-state index is 0.122. The summed E-state index contributed by atoms with van der Waals surface area (Å²) < 4.78 is 27.4. The first-order valence-corrected chi connectivity index (χ1v) is 15.0. The first-order chi connectivity index (χ1) is 17.0. The van der Waals surface area contributed by atoms with Gasteiger partial charge in [0.15, 0.2) is 0 Å². The van der Waals surface area contributed by atoms with Crippen LogP contribution < -0.4 is 9.62 Å². The van der Waals surface area contributed by atoms with Gasteiger partial charge in [-0.2, -0.15) is 0 Å². The molecule has 2 amide bonds. The van der Waals surface area contributed by atoms with Crippen molar-refractivity contribution in [2.45, 2.75) is 71.0 Å². The second-order valence-electron chi connectivity index (χ2n) is 9.83. The van der Waals surface area contributed by atoms with Crippen LogP contribution in [-0.4, -0.2) is 50.0 Å². The lowest BCUT2D eigenvalue weighted by molar-refractivity contribution is -0.139. The summed E-state index contributed by atoms with van der Waals surface area (Å²) in [5.41, 5.74) is 2.34. The van der Waals surface area contributed by atoms with E-state index in [2.05, 4.69) is 35.1 Å². The van der Waals surface area contributed by atoms with Crippen molar-refractivity contribution >= 4 is 43.5 Å². The predicted molar refractivity (Wildman–Crippen MR) is 147 cm³/mol. The molecule has 196 valence electrons. The smallest absolute Gasteiger partial charge is 0.244 e. The Morgan fingerprint density at radius 2 is 1.58 bits per heavy atom. The molecule has 1 unspecified atom stereocenters. The first-order valence-electron chi connectivity index (χ1n) is 12.4. The van der Waals surface area contributed by atoms with Crippen LogP contribution in [0.25, 0.3) is 0 Å². The number of hydrogen-bond donors (Lipinski definition) is 1. The highest BCUT2D eigenvalue weighted by Gasteiger charge is 2.31. The number of anilines is 1. The zero-order chi connectivity index (χ0) is 26.5. The van der Waals surface area contributed by atoms with Crippen molar-refractivity contribution in [3.63, 3.8) is 0 Å². The van der Waals surface area contributed by atoms with E-state index in [1.807, 2.05) is 36.4 Å². The maximum absolute atomic E-state index is 13.6. The van der Waals surface area contributed by atoms with Crippen molar-refractivity contribution in [2.24, 2.45) is 0 Å². The number of carbonyl (C=O) groups excluding carboxylic acids is 2. The summed E-state index contributed by atoms with van der Waals surface area (Å²) in [7, 11) is -3.74. The Balaban J connectivity index is 1.86. The molecule has 1 saturated carbocycles. The van der Waals surface area contributed by atoms with Gasteiger partial charge in [-0.15, -0.1) is 0 Å². The fourth-order valence-electron chi connectivity index (χ4n) is 4.40. The van der Waals surface area contributed by atoms with Crippen LogP contribution in [0.1, 0.15) is 63.5 Å². The third kappa shape index (κ3) is 7.56. The van der Waals surface area contributed by atoms with Gasteiger partial charge in [-0.3, -0.25) is 13.9 Å². The molecule has 1 atom stereocenters. The number of hydrogen-bond acceptors (Lipinski definition) is 4. The van der Waals surface area contributed by atoms with Crippen LogP contribution in [0.5, 0.6) is 0 Å². The summed E-state index contributed by atoms with van der Waals surface area (Å²) in [4.78, 5) is 28.2. The van der Waals surface area contributed by atoms with Gasteiger partial charge in [-0.25, -0.2) is 8.42 Å². The highest BCUT2D eigenvalue weighted by molar-refractivity contribution is 9.10. The number of benzene rings is 2. The van der Waals surface area contributed by atoms with E-state index in [0.717, 1.165) is 51.8 Å². The molecule has 2 aromatic carbocycles. The molecule has 36 heavy (non-hydrogen) atoms. The molecule has 1 aliphatic carbocycles. The maximum Gasteiger partial charge on any atom is 0.244 e. The van der Waals surface area contributed by atoms with E-state index in [0.29, 0.717) is 11.6 Å². The highest BCUT2D eigenvalue weighted by Crippen LogP contribution is 2.23. The second kappa shape index (κ2) is 12.2. The van der Waals surface area contributed by atoms with Crippen molar-refractivity contribution in [3.05, 3.63) is 64.1 Å². The molecular weight excluding hydrogens is 542 g/mol. The third-order valence-corrected chi connectivity index (χ3v) is 8.33. The number of carbonyl (C=O) groups is 2. The van der Waals surface area contributed by atoms with Gasteiger partial charge in [-0.05, 0) is 61.1 Å². The predicted octanol–water partition coefficient (Wildman–Crippen LogP) is 4.81. The molecule has 0 bridgehead atoms. The van der Waals surface area contributed by atoms with E-state index in [-0.39, 0.29) is 18.5 Å². The zero-order valence-electron chi connectivity index (χ0n) is 21.4. The molecule has 0 saturated heterocycles. The lowest BCUT2D eigenvalue weighted by atomic mass is 10.0. The summed E-state index contributed by atoms with van der Waals surface area (Å²) in [5, 5.41) is 3.07. The van der Waals surface area contributed by atoms with E-state index < -0.39 is 28.5 Å². The van der Waals surface area contributed by atoms with Gasteiger partial charge < -0.3 is 10.2 Å². The summed E-state index contributed by atoms with van der Waals surface area (Å²) in [6, 6.07) is 14.1. The molecule has 9 heteroatoms. The minimum atomic E-state index is -3.74.